The van der Waals surface area contributed by atoms with Gasteiger partial charge < -0.3 is 14.8 Å². The molecular formula is C14H20BrNO2. The summed E-state index contributed by atoms with van der Waals surface area (Å²) in [5, 5.41) is 3.46. The molecular weight excluding hydrogens is 294 g/mol. The minimum absolute atomic E-state index is 0.348. The first-order valence-corrected chi connectivity index (χ1v) is 7.25. The fourth-order valence-corrected chi connectivity index (χ4v) is 2.67. The molecule has 0 saturated heterocycles. The zero-order chi connectivity index (χ0) is 13.0. The van der Waals surface area contributed by atoms with Crippen LogP contribution in [0.1, 0.15) is 25.0 Å². The minimum Gasteiger partial charge on any atom is -0.493 e. The largest absolute Gasteiger partial charge is 0.493 e. The van der Waals surface area contributed by atoms with Crippen molar-refractivity contribution in [1.82, 2.24) is 5.32 Å². The van der Waals surface area contributed by atoms with Crippen LogP contribution < -0.4 is 10.1 Å². The van der Waals surface area contributed by atoms with E-state index in [1.54, 1.807) is 0 Å². The number of hydrogen-bond acceptors (Lipinski definition) is 3. The van der Waals surface area contributed by atoms with Gasteiger partial charge in [0.15, 0.2) is 0 Å². The molecule has 0 fully saturated rings. The molecule has 0 aliphatic carbocycles. The molecule has 1 aliphatic heterocycles. The lowest BCUT2D eigenvalue weighted by Gasteiger charge is -2.15. The molecule has 1 N–H and O–H groups in total. The number of hydrogen-bond donors (Lipinski definition) is 1. The Kier molecular flexibility index (Phi) is 5.03. The van der Waals surface area contributed by atoms with Gasteiger partial charge in [-0.15, -0.1) is 0 Å². The molecule has 0 spiro atoms. The summed E-state index contributed by atoms with van der Waals surface area (Å²) in [7, 11) is 0. The van der Waals surface area contributed by atoms with Crippen LogP contribution in [0.15, 0.2) is 16.6 Å². The van der Waals surface area contributed by atoms with Gasteiger partial charge in [-0.1, -0.05) is 15.9 Å². The number of rotatable bonds is 6. The van der Waals surface area contributed by atoms with Gasteiger partial charge in [0.1, 0.15) is 5.75 Å². The number of nitrogens with one attached hydrogen (secondary N) is 1. The Hall–Kier alpha value is -0.580. The molecule has 18 heavy (non-hydrogen) atoms. The fraction of sp³-hybridized carbons (Fsp3) is 0.571. The van der Waals surface area contributed by atoms with E-state index in [0.29, 0.717) is 6.04 Å². The maximum Gasteiger partial charge on any atom is 0.127 e. The molecule has 0 radical (unpaired) electrons. The highest BCUT2D eigenvalue weighted by Gasteiger charge is 2.17. The quantitative estimate of drug-likeness (QED) is 0.876. The molecule has 1 atom stereocenters. The summed E-state index contributed by atoms with van der Waals surface area (Å²) in [6.45, 7) is 7.27. The molecule has 1 aromatic carbocycles. The molecule has 2 rings (SSSR count). The topological polar surface area (TPSA) is 30.5 Å². The monoisotopic (exact) mass is 313 g/mol. The lowest BCUT2D eigenvalue weighted by molar-refractivity contribution is 0.127. The van der Waals surface area contributed by atoms with Gasteiger partial charge in [0.05, 0.1) is 13.2 Å². The van der Waals surface area contributed by atoms with Crippen LogP contribution in [-0.2, 0) is 17.7 Å². The second-order valence-electron chi connectivity index (χ2n) is 4.59. The number of halogens is 1. The first kappa shape index (κ1) is 13.8. The van der Waals surface area contributed by atoms with Crippen molar-refractivity contribution >= 4 is 15.9 Å². The van der Waals surface area contributed by atoms with Crippen LogP contribution in [0.2, 0.25) is 0 Å². The number of benzene rings is 1. The summed E-state index contributed by atoms with van der Waals surface area (Å²) in [4.78, 5) is 0. The van der Waals surface area contributed by atoms with Gasteiger partial charge in [-0.25, -0.2) is 0 Å². The van der Waals surface area contributed by atoms with Gasteiger partial charge in [0.2, 0.25) is 0 Å². The van der Waals surface area contributed by atoms with Crippen molar-refractivity contribution in [1.29, 1.82) is 0 Å². The zero-order valence-corrected chi connectivity index (χ0v) is 12.5. The van der Waals surface area contributed by atoms with E-state index in [1.165, 1.54) is 11.1 Å². The van der Waals surface area contributed by atoms with E-state index in [9.17, 15) is 0 Å². The minimum atomic E-state index is 0.348. The standard InChI is InChI=1S/C14H20BrNO2/c1-3-17-9-10(2)16-8-12-7-13(15)6-11-4-5-18-14(11)12/h6-7,10,16H,3-5,8-9H2,1-2H3. The van der Waals surface area contributed by atoms with Crippen molar-refractivity contribution in [3.05, 3.63) is 27.7 Å². The second-order valence-corrected chi connectivity index (χ2v) is 5.51. The third-order valence-electron chi connectivity index (χ3n) is 3.04. The highest BCUT2D eigenvalue weighted by Crippen LogP contribution is 2.32. The smallest absolute Gasteiger partial charge is 0.127 e. The van der Waals surface area contributed by atoms with Gasteiger partial charge in [0, 0.05) is 35.7 Å². The van der Waals surface area contributed by atoms with Crippen molar-refractivity contribution in [2.24, 2.45) is 0 Å². The van der Waals surface area contributed by atoms with Crippen molar-refractivity contribution in [3.8, 4) is 5.75 Å². The first-order chi connectivity index (χ1) is 8.70. The normalized spacial score (nSPS) is 15.3. The summed E-state index contributed by atoms with van der Waals surface area (Å²) in [5.41, 5.74) is 2.53. The third-order valence-corrected chi connectivity index (χ3v) is 3.50. The third kappa shape index (κ3) is 3.46. The number of fused-ring (bicyclic) bond motifs is 1. The molecule has 1 heterocycles. The summed E-state index contributed by atoms with van der Waals surface area (Å²) in [6, 6.07) is 4.63. The molecule has 1 aliphatic rings. The molecule has 0 bridgehead atoms. The van der Waals surface area contributed by atoms with Crippen LogP contribution in [-0.4, -0.2) is 25.9 Å². The number of ether oxygens (including phenoxy) is 2. The van der Waals surface area contributed by atoms with Crippen LogP contribution in [0.5, 0.6) is 5.75 Å². The fourth-order valence-electron chi connectivity index (χ4n) is 2.12. The van der Waals surface area contributed by atoms with Crippen molar-refractivity contribution in [2.45, 2.75) is 32.9 Å². The van der Waals surface area contributed by atoms with Crippen LogP contribution in [0.3, 0.4) is 0 Å². The molecule has 100 valence electrons. The zero-order valence-electron chi connectivity index (χ0n) is 11.0. The Morgan fingerprint density at radius 2 is 2.33 bits per heavy atom. The van der Waals surface area contributed by atoms with Crippen LogP contribution in [0.25, 0.3) is 0 Å². The van der Waals surface area contributed by atoms with Gasteiger partial charge in [0.25, 0.3) is 0 Å². The predicted octanol–water partition coefficient (Wildman–Crippen LogP) is 2.90. The van der Waals surface area contributed by atoms with E-state index in [-0.39, 0.29) is 0 Å². The van der Waals surface area contributed by atoms with Crippen LogP contribution in [0, 0.1) is 0 Å². The van der Waals surface area contributed by atoms with E-state index in [1.807, 2.05) is 6.92 Å². The van der Waals surface area contributed by atoms with Gasteiger partial charge in [-0.2, -0.15) is 0 Å². The average Bonchev–Trinajstić information content (AvgIpc) is 2.81. The van der Waals surface area contributed by atoms with E-state index >= 15 is 0 Å². The Morgan fingerprint density at radius 3 is 3.11 bits per heavy atom. The maximum atomic E-state index is 5.71. The lowest BCUT2D eigenvalue weighted by atomic mass is 10.1. The summed E-state index contributed by atoms with van der Waals surface area (Å²) >= 11 is 3.56. The lowest BCUT2D eigenvalue weighted by Crippen LogP contribution is -2.30. The van der Waals surface area contributed by atoms with Gasteiger partial charge in [-0.05, 0) is 31.5 Å². The highest BCUT2D eigenvalue weighted by molar-refractivity contribution is 9.10. The predicted molar refractivity (Wildman–Crippen MR) is 76.1 cm³/mol. The SMILES string of the molecule is CCOCC(C)NCc1cc(Br)cc2c1OCC2. The van der Waals surface area contributed by atoms with Crippen molar-refractivity contribution in [2.75, 3.05) is 19.8 Å². The van der Waals surface area contributed by atoms with Crippen LogP contribution >= 0.6 is 15.9 Å². The van der Waals surface area contributed by atoms with E-state index in [0.717, 1.165) is 43.0 Å². The summed E-state index contributed by atoms with van der Waals surface area (Å²) in [5.74, 6) is 1.06. The van der Waals surface area contributed by atoms with Gasteiger partial charge >= 0.3 is 0 Å². The Bertz CT molecular complexity index is 409. The maximum absolute atomic E-state index is 5.71. The Labute approximate surface area is 117 Å². The van der Waals surface area contributed by atoms with E-state index in [2.05, 4.69) is 40.3 Å². The Balaban J connectivity index is 1.97. The highest BCUT2D eigenvalue weighted by atomic mass is 79.9. The molecule has 4 heteroatoms. The van der Waals surface area contributed by atoms with E-state index < -0.39 is 0 Å². The van der Waals surface area contributed by atoms with Crippen molar-refractivity contribution < 1.29 is 9.47 Å². The second kappa shape index (κ2) is 6.55. The molecule has 3 nitrogen and oxygen atoms in total. The summed E-state index contributed by atoms with van der Waals surface area (Å²) in [6.07, 6.45) is 1.01. The van der Waals surface area contributed by atoms with E-state index in [4.69, 9.17) is 9.47 Å². The molecule has 1 aromatic rings. The Morgan fingerprint density at radius 1 is 1.50 bits per heavy atom. The van der Waals surface area contributed by atoms with Gasteiger partial charge in [-0.3, -0.25) is 0 Å². The summed E-state index contributed by atoms with van der Waals surface area (Å²) < 4.78 is 12.2. The molecule has 1 unspecified atom stereocenters. The first-order valence-electron chi connectivity index (χ1n) is 6.46. The average molecular weight is 314 g/mol. The van der Waals surface area contributed by atoms with Crippen molar-refractivity contribution in [3.63, 3.8) is 0 Å². The molecule has 0 aromatic heterocycles. The molecule has 0 amide bonds. The van der Waals surface area contributed by atoms with Crippen LogP contribution in [0.4, 0.5) is 0 Å². The molecule has 0 saturated carbocycles.